The number of aromatic amines is 1. The maximum atomic E-state index is 14.9. The van der Waals surface area contributed by atoms with E-state index in [1.807, 2.05) is 0 Å². The Kier molecular flexibility index (Phi) is 8.22. The predicted molar refractivity (Wildman–Crippen MR) is 154 cm³/mol. The minimum Gasteiger partial charge on any atom is -0.329 e. The molecule has 3 aromatic heterocycles. The van der Waals surface area contributed by atoms with Crippen molar-refractivity contribution in [1.82, 2.24) is 19.7 Å². The summed E-state index contributed by atoms with van der Waals surface area (Å²) in [4.78, 5) is 33.0. The van der Waals surface area contributed by atoms with E-state index in [0.29, 0.717) is 28.0 Å². The number of benzene rings is 2. The molecule has 0 saturated heterocycles. The second-order valence-corrected chi connectivity index (χ2v) is 11.4. The third-order valence-corrected chi connectivity index (χ3v) is 8.17. The molecular weight excluding hydrogens is 636 g/mol. The van der Waals surface area contributed by atoms with Gasteiger partial charge in [-0.25, -0.2) is 26.3 Å². The summed E-state index contributed by atoms with van der Waals surface area (Å²) in [6.07, 6.45) is -4.16. The van der Waals surface area contributed by atoms with Crippen LogP contribution >= 0.6 is 0 Å². The van der Waals surface area contributed by atoms with Gasteiger partial charge in [-0.15, -0.1) is 0 Å². The van der Waals surface area contributed by atoms with E-state index in [0.717, 1.165) is 12.1 Å². The van der Waals surface area contributed by atoms with Crippen LogP contribution in [0.3, 0.4) is 0 Å². The Balaban J connectivity index is 1.41. The molecule has 1 aliphatic rings. The van der Waals surface area contributed by atoms with Crippen molar-refractivity contribution >= 4 is 16.6 Å². The summed E-state index contributed by atoms with van der Waals surface area (Å²) in [7, 11) is 0. The Labute approximate surface area is 261 Å². The molecule has 0 aliphatic heterocycles. The highest BCUT2D eigenvalue weighted by Crippen LogP contribution is 2.52. The molecule has 0 saturated carbocycles. The highest BCUT2D eigenvalue weighted by Gasteiger charge is 2.55. The van der Waals surface area contributed by atoms with Gasteiger partial charge in [0.15, 0.2) is 5.78 Å². The molecular formula is C33H24F8N4O2. The lowest BCUT2D eigenvalue weighted by molar-refractivity contribution is -0.121. The molecule has 2 aromatic carbocycles. The van der Waals surface area contributed by atoms with E-state index >= 15 is 0 Å². The van der Waals surface area contributed by atoms with E-state index in [1.54, 1.807) is 36.4 Å². The largest absolute Gasteiger partial charge is 0.329 e. The first-order valence-electron chi connectivity index (χ1n) is 14.4. The van der Waals surface area contributed by atoms with Gasteiger partial charge in [0.05, 0.1) is 11.3 Å². The topological polar surface area (TPSA) is 80.6 Å². The molecule has 1 aliphatic carbocycles. The number of Topliss-reactive ketones (excluding diaryl/α,β-unsaturated/α-hetero) is 1. The van der Waals surface area contributed by atoms with E-state index in [1.165, 1.54) is 12.4 Å². The number of hydrogen-bond donors (Lipinski definition) is 1. The number of pyridine rings is 2. The first-order chi connectivity index (χ1) is 22.2. The quantitative estimate of drug-likeness (QED) is 0.163. The summed E-state index contributed by atoms with van der Waals surface area (Å²) in [5.41, 5.74) is -3.62. The van der Waals surface area contributed by atoms with Gasteiger partial charge in [-0.2, -0.15) is 13.9 Å². The van der Waals surface area contributed by atoms with Gasteiger partial charge in [0, 0.05) is 54.6 Å². The first kappa shape index (κ1) is 32.1. The second kappa shape index (κ2) is 12.0. The van der Waals surface area contributed by atoms with Crippen molar-refractivity contribution in [3.8, 4) is 11.1 Å². The number of ketones is 1. The molecule has 5 aromatic rings. The molecule has 0 spiro atoms. The van der Waals surface area contributed by atoms with Crippen molar-refractivity contribution in [2.24, 2.45) is 0 Å². The number of halogens is 8. The maximum Gasteiger partial charge on any atom is 0.290 e. The minimum atomic E-state index is -4.02. The molecule has 47 heavy (non-hydrogen) atoms. The van der Waals surface area contributed by atoms with Gasteiger partial charge in [-0.05, 0) is 53.3 Å². The van der Waals surface area contributed by atoms with Crippen molar-refractivity contribution < 1.29 is 39.9 Å². The molecule has 0 fully saturated rings. The number of aromatic nitrogens is 4. The Bertz CT molecular complexity index is 2040. The molecule has 0 unspecified atom stereocenters. The van der Waals surface area contributed by atoms with E-state index in [2.05, 4.69) is 15.1 Å². The van der Waals surface area contributed by atoms with Crippen LogP contribution in [-0.2, 0) is 29.6 Å². The van der Waals surface area contributed by atoms with Crippen LogP contribution in [0, 0.1) is 11.6 Å². The number of H-pyrrole nitrogens is 1. The number of carbonyl (C=O) groups excluding carboxylic acids is 1. The predicted octanol–water partition coefficient (Wildman–Crippen LogP) is 7.97. The van der Waals surface area contributed by atoms with Gasteiger partial charge < -0.3 is 4.98 Å². The number of rotatable bonds is 9. The zero-order valence-electron chi connectivity index (χ0n) is 24.2. The third kappa shape index (κ3) is 6.28. The fraction of sp³-hybridized carbons (Fsp3) is 0.273. The summed E-state index contributed by atoms with van der Waals surface area (Å²) >= 11 is 0. The van der Waals surface area contributed by atoms with Crippen LogP contribution in [0.1, 0.15) is 59.8 Å². The van der Waals surface area contributed by atoms with Crippen molar-refractivity contribution in [2.45, 2.75) is 56.4 Å². The molecule has 3 heterocycles. The molecule has 1 N–H and O–H groups in total. The lowest BCUT2D eigenvalue weighted by Crippen LogP contribution is -2.33. The number of nitrogens with one attached hydrogen (secondary N) is 1. The SMILES string of the molecule is O=C(C[C@@H](Cc1cc(F)cc(F)c1)c1ncccc1-c1ccc2cc[nH]c(=O)c2c1)Cn1nc(C(F)F)c2c1C(F)(F)CCC2(F)F. The van der Waals surface area contributed by atoms with E-state index in [-0.39, 0.29) is 27.9 Å². The minimum absolute atomic E-state index is 0.120. The van der Waals surface area contributed by atoms with Crippen LogP contribution in [0.4, 0.5) is 35.1 Å². The van der Waals surface area contributed by atoms with Crippen molar-refractivity contribution in [3.63, 3.8) is 0 Å². The summed E-state index contributed by atoms with van der Waals surface area (Å²) in [5.74, 6) is -11.6. The molecule has 6 nitrogen and oxygen atoms in total. The van der Waals surface area contributed by atoms with Crippen LogP contribution in [0.2, 0.25) is 0 Å². The van der Waals surface area contributed by atoms with Gasteiger partial charge in [0.2, 0.25) is 0 Å². The standard InChI is InChI=1S/C33H24F8N4O2/c34-21-11-17(12-22(35)15-21)10-20(27-24(2-1-8-42-27)19-4-3-18-5-9-43-31(47)25(18)14-19)13-23(46)16-45-29-26(28(44-45)30(36)37)32(38,39)6-7-33(29,40)41/h1-5,8-9,11-12,14-15,20,30H,6-7,10,13,16H2,(H,43,47)/t20-/m1/s1. The molecule has 14 heteroatoms. The monoisotopic (exact) mass is 660 g/mol. The highest BCUT2D eigenvalue weighted by molar-refractivity contribution is 5.87. The van der Waals surface area contributed by atoms with Gasteiger partial charge in [0.25, 0.3) is 23.8 Å². The zero-order valence-corrected chi connectivity index (χ0v) is 24.2. The third-order valence-electron chi connectivity index (χ3n) is 8.17. The highest BCUT2D eigenvalue weighted by atomic mass is 19.3. The summed E-state index contributed by atoms with van der Waals surface area (Å²) < 4.78 is 115. The van der Waals surface area contributed by atoms with Gasteiger partial charge >= 0.3 is 0 Å². The summed E-state index contributed by atoms with van der Waals surface area (Å²) in [6, 6.07) is 12.6. The normalized spacial score (nSPS) is 15.9. The molecule has 244 valence electrons. The molecule has 0 amide bonds. The van der Waals surface area contributed by atoms with Gasteiger partial charge in [-0.1, -0.05) is 18.2 Å². The van der Waals surface area contributed by atoms with Crippen LogP contribution in [-0.4, -0.2) is 25.5 Å². The maximum absolute atomic E-state index is 14.9. The average Bonchev–Trinajstić information content (AvgIpc) is 3.41. The average molecular weight is 661 g/mol. The van der Waals surface area contributed by atoms with Crippen LogP contribution in [0.25, 0.3) is 21.9 Å². The lowest BCUT2D eigenvalue weighted by Gasteiger charge is -2.29. The van der Waals surface area contributed by atoms with Crippen molar-refractivity contribution in [3.05, 3.63) is 117 Å². The number of carbonyl (C=O) groups is 1. The van der Waals surface area contributed by atoms with Crippen LogP contribution < -0.4 is 5.56 Å². The van der Waals surface area contributed by atoms with Crippen molar-refractivity contribution in [2.75, 3.05) is 0 Å². The Morgan fingerprint density at radius 1 is 0.936 bits per heavy atom. The molecule has 1 atom stereocenters. The summed E-state index contributed by atoms with van der Waals surface area (Å²) in [6.45, 7) is -1.05. The van der Waals surface area contributed by atoms with Crippen molar-refractivity contribution in [1.29, 1.82) is 0 Å². The second-order valence-electron chi connectivity index (χ2n) is 11.4. The van der Waals surface area contributed by atoms with Crippen LogP contribution in [0.5, 0.6) is 0 Å². The van der Waals surface area contributed by atoms with E-state index in [4.69, 9.17) is 0 Å². The Morgan fingerprint density at radius 3 is 2.38 bits per heavy atom. The number of hydrogen-bond acceptors (Lipinski definition) is 4. The van der Waals surface area contributed by atoms with E-state index in [9.17, 15) is 44.7 Å². The molecule has 0 bridgehead atoms. The fourth-order valence-electron chi connectivity index (χ4n) is 6.16. The molecule has 0 radical (unpaired) electrons. The smallest absolute Gasteiger partial charge is 0.290 e. The fourth-order valence-corrected chi connectivity index (χ4v) is 6.16. The summed E-state index contributed by atoms with van der Waals surface area (Å²) in [5, 5.41) is 4.33. The number of nitrogens with zero attached hydrogens (tertiary/aromatic N) is 3. The number of alkyl halides is 6. The van der Waals surface area contributed by atoms with Gasteiger partial charge in [0.1, 0.15) is 29.6 Å². The molecule has 6 rings (SSSR count). The Hall–Kier alpha value is -4.88. The Morgan fingerprint density at radius 2 is 1.66 bits per heavy atom. The van der Waals surface area contributed by atoms with E-state index < -0.39 is 84.4 Å². The lowest BCUT2D eigenvalue weighted by atomic mass is 9.86. The first-order valence-corrected chi connectivity index (χ1v) is 14.4. The van der Waals surface area contributed by atoms with Gasteiger partial charge in [-0.3, -0.25) is 19.3 Å². The zero-order chi connectivity index (χ0) is 33.7. The number of fused-ring (bicyclic) bond motifs is 2. The van der Waals surface area contributed by atoms with Crippen LogP contribution in [0.15, 0.2) is 71.8 Å².